The van der Waals surface area contributed by atoms with Crippen LogP contribution < -0.4 is 5.73 Å². The molecule has 0 fully saturated rings. The molecule has 2 aromatic rings. The van der Waals surface area contributed by atoms with Crippen molar-refractivity contribution in [1.82, 2.24) is 0 Å². The van der Waals surface area contributed by atoms with Gasteiger partial charge in [0.15, 0.2) is 0 Å². The number of halogens is 2. The van der Waals surface area contributed by atoms with Gasteiger partial charge in [-0.25, -0.2) is 4.39 Å². The van der Waals surface area contributed by atoms with E-state index in [9.17, 15) is 4.39 Å². The van der Waals surface area contributed by atoms with Gasteiger partial charge in [-0.15, -0.1) is 0 Å². The molecule has 2 rings (SSSR count). The Morgan fingerprint density at radius 3 is 2.44 bits per heavy atom. The summed E-state index contributed by atoms with van der Waals surface area (Å²) in [6.45, 7) is 0. The average Bonchev–Trinajstić information content (AvgIpc) is 2.32. The van der Waals surface area contributed by atoms with Crippen molar-refractivity contribution in [1.29, 1.82) is 5.41 Å². The molecule has 2 aromatic carbocycles. The van der Waals surface area contributed by atoms with Gasteiger partial charge in [-0.1, -0.05) is 27.7 Å². The van der Waals surface area contributed by atoms with Crippen LogP contribution in [0.15, 0.2) is 56.7 Å². The molecule has 0 bridgehead atoms. The van der Waals surface area contributed by atoms with E-state index in [2.05, 4.69) is 15.9 Å². The monoisotopic (exact) mass is 324 g/mol. The van der Waals surface area contributed by atoms with E-state index in [1.54, 1.807) is 18.2 Å². The third kappa shape index (κ3) is 3.11. The van der Waals surface area contributed by atoms with E-state index < -0.39 is 0 Å². The summed E-state index contributed by atoms with van der Waals surface area (Å²) in [5.74, 6) is -0.243. The number of benzene rings is 2. The van der Waals surface area contributed by atoms with E-state index in [0.717, 1.165) is 14.3 Å². The minimum atomic E-state index is -0.264. The maximum absolute atomic E-state index is 12.8. The molecule has 0 radical (unpaired) electrons. The van der Waals surface area contributed by atoms with E-state index in [1.165, 1.54) is 23.9 Å². The fourth-order valence-corrected chi connectivity index (χ4v) is 2.95. The Balaban J connectivity index is 2.35. The van der Waals surface area contributed by atoms with Crippen LogP contribution in [0.3, 0.4) is 0 Å². The molecule has 2 nitrogen and oxygen atoms in total. The largest absolute Gasteiger partial charge is 0.384 e. The van der Waals surface area contributed by atoms with Crippen LogP contribution in [0.2, 0.25) is 0 Å². The van der Waals surface area contributed by atoms with E-state index in [1.807, 2.05) is 12.1 Å². The van der Waals surface area contributed by atoms with Crippen molar-refractivity contribution in [3.63, 3.8) is 0 Å². The van der Waals surface area contributed by atoms with Crippen LogP contribution in [-0.4, -0.2) is 5.84 Å². The summed E-state index contributed by atoms with van der Waals surface area (Å²) in [7, 11) is 0. The molecule has 0 spiro atoms. The molecule has 0 saturated heterocycles. The summed E-state index contributed by atoms with van der Waals surface area (Å²) < 4.78 is 13.7. The second kappa shape index (κ2) is 5.54. The van der Waals surface area contributed by atoms with Gasteiger partial charge in [-0.3, -0.25) is 5.41 Å². The molecule has 0 aliphatic rings. The molecule has 0 atom stereocenters. The van der Waals surface area contributed by atoms with Crippen LogP contribution in [-0.2, 0) is 0 Å². The molecule has 3 N–H and O–H groups in total. The van der Waals surface area contributed by atoms with Crippen molar-refractivity contribution in [2.75, 3.05) is 0 Å². The third-order valence-electron chi connectivity index (χ3n) is 2.28. The SMILES string of the molecule is N=C(N)c1ccc(Br)cc1Sc1ccc(F)cc1. The van der Waals surface area contributed by atoms with Crippen molar-refractivity contribution < 1.29 is 4.39 Å². The summed E-state index contributed by atoms with van der Waals surface area (Å²) in [5.41, 5.74) is 6.21. The first-order valence-electron chi connectivity index (χ1n) is 5.13. The molecule has 5 heteroatoms. The van der Waals surface area contributed by atoms with Crippen molar-refractivity contribution >= 4 is 33.5 Å². The summed E-state index contributed by atoms with van der Waals surface area (Å²) >= 11 is 4.83. The standard InChI is InChI=1S/C13H10BrFN2S/c14-8-1-6-11(13(16)17)12(7-8)18-10-4-2-9(15)3-5-10/h1-7H,(H3,16,17). The van der Waals surface area contributed by atoms with Crippen LogP contribution in [0.25, 0.3) is 0 Å². The molecule has 0 saturated carbocycles. The smallest absolute Gasteiger partial charge is 0.123 e. The summed E-state index contributed by atoms with van der Waals surface area (Å²) in [6, 6.07) is 11.7. The Morgan fingerprint density at radius 1 is 1.17 bits per heavy atom. The second-order valence-corrected chi connectivity index (χ2v) is 5.64. The first-order chi connectivity index (χ1) is 8.56. The van der Waals surface area contributed by atoms with Crippen LogP contribution >= 0.6 is 27.7 Å². The van der Waals surface area contributed by atoms with Gasteiger partial charge in [0.1, 0.15) is 11.7 Å². The summed E-state index contributed by atoms with van der Waals surface area (Å²) in [5, 5.41) is 7.54. The molecular formula is C13H10BrFN2S. The van der Waals surface area contributed by atoms with Crippen LogP contribution in [0.5, 0.6) is 0 Å². The highest BCUT2D eigenvalue weighted by atomic mass is 79.9. The number of hydrogen-bond acceptors (Lipinski definition) is 2. The highest BCUT2D eigenvalue weighted by Crippen LogP contribution is 2.32. The highest BCUT2D eigenvalue weighted by Gasteiger charge is 2.08. The lowest BCUT2D eigenvalue weighted by molar-refractivity contribution is 0.626. The third-order valence-corrected chi connectivity index (χ3v) is 3.83. The number of rotatable bonds is 3. The predicted octanol–water partition coefficient (Wildman–Crippen LogP) is 4.02. The first-order valence-corrected chi connectivity index (χ1v) is 6.74. The molecule has 0 aliphatic heterocycles. The topological polar surface area (TPSA) is 49.9 Å². The molecule has 0 aliphatic carbocycles. The van der Waals surface area contributed by atoms with Crippen LogP contribution in [0, 0.1) is 11.2 Å². The van der Waals surface area contributed by atoms with E-state index in [-0.39, 0.29) is 11.7 Å². The molecule has 18 heavy (non-hydrogen) atoms. The minimum Gasteiger partial charge on any atom is -0.384 e. The summed E-state index contributed by atoms with van der Waals surface area (Å²) in [6.07, 6.45) is 0. The Morgan fingerprint density at radius 2 is 1.83 bits per heavy atom. The maximum Gasteiger partial charge on any atom is 0.123 e. The van der Waals surface area contributed by atoms with Gasteiger partial charge in [-0.05, 0) is 42.5 Å². The molecule has 0 aromatic heterocycles. The number of hydrogen-bond donors (Lipinski definition) is 2. The van der Waals surface area contributed by atoms with Gasteiger partial charge in [0.25, 0.3) is 0 Å². The lowest BCUT2D eigenvalue weighted by atomic mass is 10.2. The maximum atomic E-state index is 12.8. The molecular weight excluding hydrogens is 315 g/mol. The molecule has 92 valence electrons. The normalized spacial score (nSPS) is 10.3. The van der Waals surface area contributed by atoms with Gasteiger partial charge in [-0.2, -0.15) is 0 Å². The Kier molecular flexibility index (Phi) is 4.04. The second-order valence-electron chi connectivity index (χ2n) is 3.61. The zero-order valence-corrected chi connectivity index (χ0v) is 11.7. The number of amidine groups is 1. The quantitative estimate of drug-likeness (QED) is 0.661. The zero-order chi connectivity index (χ0) is 13.1. The lowest BCUT2D eigenvalue weighted by Crippen LogP contribution is -2.12. The van der Waals surface area contributed by atoms with Crippen molar-refractivity contribution in [3.8, 4) is 0 Å². The Bertz CT molecular complexity index is 584. The average molecular weight is 325 g/mol. The van der Waals surface area contributed by atoms with Crippen molar-refractivity contribution in [2.45, 2.75) is 9.79 Å². The lowest BCUT2D eigenvalue weighted by Gasteiger charge is -2.08. The number of nitrogen functional groups attached to an aromatic ring is 1. The predicted molar refractivity (Wildman–Crippen MR) is 75.7 cm³/mol. The van der Waals surface area contributed by atoms with Gasteiger partial charge in [0.05, 0.1) is 0 Å². The Labute approximate surface area is 117 Å². The number of nitrogens with one attached hydrogen (secondary N) is 1. The fraction of sp³-hybridized carbons (Fsp3) is 0. The molecule has 0 unspecified atom stereocenters. The van der Waals surface area contributed by atoms with Crippen molar-refractivity contribution in [3.05, 3.63) is 58.3 Å². The van der Waals surface area contributed by atoms with E-state index in [4.69, 9.17) is 11.1 Å². The number of nitrogens with two attached hydrogens (primary N) is 1. The van der Waals surface area contributed by atoms with Gasteiger partial charge in [0.2, 0.25) is 0 Å². The zero-order valence-electron chi connectivity index (χ0n) is 9.28. The molecule has 0 heterocycles. The summed E-state index contributed by atoms with van der Waals surface area (Å²) in [4.78, 5) is 1.76. The minimum absolute atomic E-state index is 0.0205. The van der Waals surface area contributed by atoms with Crippen LogP contribution in [0.4, 0.5) is 4.39 Å². The van der Waals surface area contributed by atoms with Gasteiger partial charge in [0, 0.05) is 19.8 Å². The van der Waals surface area contributed by atoms with Gasteiger partial charge < -0.3 is 5.73 Å². The first kappa shape index (κ1) is 13.1. The van der Waals surface area contributed by atoms with E-state index >= 15 is 0 Å². The highest BCUT2D eigenvalue weighted by molar-refractivity contribution is 9.10. The Hall–Kier alpha value is -1.33. The fourth-order valence-electron chi connectivity index (χ4n) is 1.43. The van der Waals surface area contributed by atoms with Crippen LogP contribution in [0.1, 0.15) is 5.56 Å². The van der Waals surface area contributed by atoms with Gasteiger partial charge >= 0.3 is 0 Å². The van der Waals surface area contributed by atoms with Crippen molar-refractivity contribution in [2.24, 2.45) is 5.73 Å². The van der Waals surface area contributed by atoms with E-state index in [0.29, 0.717) is 5.56 Å². The molecule has 0 amide bonds.